The van der Waals surface area contributed by atoms with Crippen molar-refractivity contribution in [3.05, 3.63) is 24.0 Å². The largest absolute Gasteiger partial charge is 0.495 e. The molecule has 1 atom stereocenters. The third-order valence-corrected chi connectivity index (χ3v) is 4.30. The lowest BCUT2D eigenvalue weighted by molar-refractivity contribution is -0.132. The molecule has 1 aliphatic rings. The van der Waals surface area contributed by atoms with E-state index in [2.05, 4.69) is 11.9 Å². The first kappa shape index (κ1) is 14.3. The van der Waals surface area contributed by atoms with Crippen molar-refractivity contribution in [2.24, 2.45) is 5.92 Å². The van der Waals surface area contributed by atoms with Gasteiger partial charge in [-0.2, -0.15) is 0 Å². The lowest BCUT2D eigenvalue weighted by Crippen LogP contribution is -2.42. The predicted octanol–water partition coefficient (Wildman–Crippen LogP) is 2.72. The van der Waals surface area contributed by atoms with Gasteiger partial charge < -0.3 is 14.6 Å². The topological polar surface area (TPSA) is 51.6 Å². The number of aromatic nitrogens is 1. The van der Waals surface area contributed by atoms with E-state index < -0.39 is 11.7 Å². The number of aliphatic hydroxyl groups is 1. The van der Waals surface area contributed by atoms with Gasteiger partial charge in [-0.3, -0.25) is 4.98 Å². The molecule has 1 heterocycles. The molecular formula is C15H23NO3. The Labute approximate surface area is 114 Å². The number of hydrogen-bond acceptors (Lipinski definition) is 4. The first-order valence-corrected chi connectivity index (χ1v) is 6.85. The fraction of sp³-hybridized carbons (Fsp3) is 0.667. The summed E-state index contributed by atoms with van der Waals surface area (Å²) in [5.41, 5.74) is 0.0372. The van der Waals surface area contributed by atoms with Gasteiger partial charge in [0.2, 0.25) is 0 Å². The van der Waals surface area contributed by atoms with Gasteiger partial charge >= 0.3 is 0 Å². The van der Waals surface area contributed by atoms with Crippen molar-refractivity contribution in [1.29, 1.82) is 0 Å². The Morgan fingerprint density at radius 1 is 1.37 bits per heavy atom. The molecule has 0 saturated heterocycles. The van der Waals surface area contributed by atoms with Crippen molar-refractivity contribution in [3.63, 3.8) is 0 Å². The van der Waals surface area contributed by atoms with Crippen LogP contribution in [-0.2, 0) is 4.74 Å². The van der Waals surface area contributed by atoms with Crippen LogP contribution in [0.1, 0.15) is 44.4 Å². The molecule has 1 saturated carbocycles. The Hall–Kier alpha value is -1.13. The van der Waals surface area contributed by atoms with Gasteiger partial charge in [0, 0.05) is 13.3 Å². The van der Waals surface area contributed by atoms with Crippen LogP contribution in [0.2, 0.25) is 0 Å². The van der Waals surface area contributed by atoms with Crippen LogP contribution in [0.5, 0.6) is 5.75 Å². The predicted molar refractivity (Wildman–Crippen MR) is 73.1 cm³/mol. The van der Waals surface area contributed by atoms with Crippen molar-refractivity contribution in [3.8, 4) is 5.75 Å². The zero-order chi connectivity index (χ0) is 13.9. The number of rotatable bonds is 4. The maximum Gasteiger partial charge on any atom is 0.143 e. The summed E-state index contributed by atoms with van der Waals surface area (Å²) in [4.78, 5) is 4.28. The molecule has 19 heavy (non-hydrogen) atoms. The van der Waals surface area contributed by atoms with E-state index in [-0.39, 0.29) is 0 Å². The summed E-state index contributed by atoms with van der Waals surface area (Å²) < 4.78 is 11.0. The van der Waals surface area contributed by atoms with Gasteiger partial charge in [-0.25, -0.2) is 0 Å². The summed E-state index contributed by atoms with van der Waals surface area (Å²) in [5, 5.41) is 10.7. The maximum atomic E-state index is 10.7. The fourth-order valence-corrected chi connectivity index (χ4v) is 2.87. The SMILES string of the molecule is COc1cccnc1C(O)C1(OC)CCC(C)CC1. The van der Waals surface area contributed by atoms with Gasteiger partial charge in [0.05, 0.1) is 12.7 Å². The second-order valence-electron chi connectivity index (χ2n) is 5.44. The molecule has 4 heteroatoms. The van der Waals surface area contributed by atoms with E-state index in [9.17, 15) is 5.11 Å². The molecule has 106 valence electrons. The molecular weight excluding hydrogens is 242 g/mol. The summed E-state index contributed by atoms with van der Waals surface area (Å²) in [5.74, 6) is 1.31. The standard InChI is InChI=1S/C15H23NO3/c1-11-6-8-15(19-3,9-7-11)14(17)13-12(18-2)5-4-10-16-13/h4-5,10-11,14,17H,6-9H2,1-3H3. The van der Waals surface area contributed by atoms with Gasteiger partial charge in [-0.05, 0) is 43.7 Å². The molecule has 0 aliphatic heterocycles. The number of methoxy groups -OCH3 is 2. The first-order chi connectivity index (χ1) is 9.13. The summed E-state index contributed by atoms with van der Waals surface area (Å²) in [6, 6.07) is 3.62. The zero-order valence-electron chi connectivity index (χ0n) is 11.9. The smallest absolute Gasteiger partial charge is 0.143 e. The molecule has 1 aromatic heterocycles. The molecule has 1 unspecified atom stereocenters. The maximum absolute atomic E-state index is 10.7. The quantitative estimate of drug-likeness (QED) is 0.909. The molecule has 1 aromatic rings. The van der Waals surface area contributed by atoms with E-state index in [1.165, 1.54) is 0 Å². The minimum absolute atomic E-state index is 0.534. The summed E-state index contributed by atoms with van der Waals surface area (Å²) in [6.07, 6.45) is 4.77. The minimum Gasteiger partial charge on any atom is -0.495 e. The van der Waals surface area contributed by atoms with E-state index in [4.69, 9.17) is 9.47 Å². The van der Waals surface area contributed by atoms with Crippen LogP contribution < -0.4 is 4.74 Å². The van der Waals surface area contributed by atoms with Crippen LogP contribution >= 0.6 is 0 Å². The molecule has 0 spiro atoms. The van der Waals surface area contributed by atoms with E-state index in [0.29, 0.717) is 17.4 Å². The van der Waals surface area contributed by atoms with Crippen molar-refractivity contribution in [2.75, 3.05) is 14.2 Å². The Kier molecular flexibility index (Phi) is 4.42. The van der Waals surface area contributed by atoms with E-state index in [1.54, 1.807) is 26.5 Å². The molecule has 0 bridgehead atoms. The van der Waals surface area contributed by atoms with Crippen molar-refractivity contribution in [2.45, 2.75) is 44.3 Å². The summed E-state index contributed by atoms with van der Waals surface area (Å²) in [7, 11) is 3.27. The van der Waals surface area contributed by atoms with Crippen LogP contribution in [0.15, 0.2) is 18.3 Å². The van der Waals surface area contributed by atoms with Crippen LogP contribution in [0.4, 0.5) is 0 Å². The molecule has 0 radical (unpaired) electrons. The molecule has 1 fully saturated rings. The summed E-state index contributed by atoms with van der Waals surface area (Å²) >= 11 is 0. The zero-order valence-corrected chi connectivity index (χ0v) is 11.9. The second-order valence-corrected chi connectivity index (χ2v) is 5.44. The number of ether oxygens (including phenoxy) is 2. The highest BCUT2D eigenvalue weighted by atomic mass is 16.5. The Bertz CT molecular complexity index is 414. The Morgan fingerprint density at radius 2 is 2.05 bits per heavy atom. The second kappa shape index (κ2) is 5.88. The third-order valence-electron chi connectivity index (χ3n) is 4.30. The van der Waals surface area contributed by atoms with Crippen molar-refractivity contribution >= 4 is 0 Å². The van der Waals surface area contributed by atoms with Crippen molar-refractivity contribution in [1.82, 2.24) is 4.98 Å². The molecule has 1 N–H and O–H groups in total. The highest BCUT2D eigenvalue weighted by molar-refractivity contribution is 5.30. The molecule has 0 aromatic carbocycles. The van der Waals surface area contributed by atoms with Crippen molar-refractivity contribution < 1.29 is 14.6 Å². The number of aliphatic hydroxyl groups excluding tert-OH is 1. The molecule has 0 amide bonds. The van der Waals surface area contributed by atoms with Gasteiger partial charge in [0.1, 0.15) is 17.5 Å². The van der Waals surface area contributed by atoms with Gasteiger partial charge in [0.25, 0.3) is 0 Å². The average molecular weight is 265 g/mol. The molecule has 4 nitrogen and oxygen atoms in total. The van der Waals surface area contributed by atoms with Gasteiger partial charge in [0.15, 0.2) is 0 Å². The average Bonchev–Trinajstić information content (AvgIpc) is 2.47. The highest BCUT2D eigenvalue weighted by Crippen LogP contribution is 2.44. The fourth-order valence-electron chi connectivity index (χ4n) is 2.87. The van der Waals surface area contributed by atoms with Gasteiger partial charge in [-0.15, -0.1) is 0 Å². The van der Waals surface area contributed by atoms with Crippen LogP contribution in [0, 0.1) is 5.92 Å². The lowest BCUT2D eigenvalue weighted by Gasteiger charge is -2.41. The lowest BCUT2D eigenvalue weighted by atomic mass is 9.75. The normalized spacial score (nSPS) is 28.9. The third kappa shape index (κ3) is 2.74. The highest BCUT2D eigenvalue weighted by Gasteiger charge is 2.43. The minimum atomic E-state index is -0.749. The van der Waals surface area contributed by atoms with Crippen LogP contribution in [0.25, 0.3) is 0 Å². The van der Waals surface area contributed by atoms with E-state index in [0.717, 1.165) is 25.7 Å². The first-order valence-electron chi connectivity index (χ1n) is 6.85. The number of nitrogens with zero attached hydrogens (tertiary/aromatic N) is 1. The van der Waals surface area contributed by atoms with E-state index in [1.807, 2.05) is 6.07 Å². The monoisotopic (exact) mass is 265 g/mol. The molecule has 1 aliphatic carbocycles. The number of pyridine rings is 1. The Balaban J connectivity index is 2.27. The van der Waals surface area contributed by atoms with Gasteiger partial charge in [-0.1, -0.05) is 6.92 Å². The Morgan fingerprint density at radius 3 is 2.63 bits per heavy atom. The summed E-state index contributed by atoms with van der Waals surface area (Å²) in [6.45, 7) is 2.24. The van der Waals surface area contributed by atoms with Crippen LogP contribution in [-0.4, -0.2) is 29.9 Å². The van der Waals surface area contributed by atoms with E-state index >= 15 is 0 Å². The molecule has 2 rings (SSSR count). The number of hydrogen-bond donors (Lipinski definition) is 1. The van der Waals surface area contributed by atoms with Crippen LogP contribution in [0.3, 0.4) is 0 Å².